The van der Waals surface area contributed by atoms with Gasteiger partial charge in [-0.25, -0.2) is 0 Å². The van der Waals surface area contributed by atoms with Crippen LogP contribution in [0.2, 0.25) is 0 Å². The van der Waals surface area contributed by atoms with E-state index in [2.05, 4.69) is 63.6 Å². The van der Waals surface area contributed by atoms with Gasteiger partial charge in [0.05, 0.1) is 0 Å². The fraction of sp³-hybridized carbons (Fsp3) is 0.714. The Labute approximate surface area is 241 Å². The smallest absolute Gasteiger partial charge is 0.228 e. The zero-order chi connectivity index (χ0) is 28.9. The van der Waals surface area contributed by atoms with E-state index in [1.807, 2.05) is 6.92 Å². The normalized spacial score (nSPS) is 43.6. The predicted molar refractivity (Wildman–Crippen MR) is 160 cm³/mol. The Morgan fingerprint density at radius 3 is 2.33 bits per heavy atom. The Kier molecular flexibility index (Phi) is 6.25. The molecule has 1 amide bonds. The van der Waals surface area contributed by atoms with E-state index < -0.39 is 0 Å². The van der Waals surface area contributed by atoms with Crippen molar-refractivity contribution in [2.24, 2.45) is 33.0 Å². The van der Waals surface area contributed by atoms with Crippen LogP contribution in [0, 0.1) is 33.0 Å². The molecule has 0 aromatic rings. The number of carbonyl (C=O) groups is 2. The fourth-order valence-corrected chi connectivity index (χ4v) is 10.6. The minimum atomic E-state index is -0.299. The van der Waals surface area contributed by atoms with Gasteiger partial charge in [-0.3, -0.25) is 9.59 Å². The van der Waals surface area contributed by atoms with Gasteiger partial charge in [0, 0.05) is 42.6 Å². The summed E-state index contributed by atoms with van der Waals surface area (Å²) in [5, 5.41) is 10.4. The van der Waals surface area contributed by atoms with Crippen LogP contribution in [0.5, 0.6) is 0 Å². The molecule has 0 aromatic heterocycles. The van der Waals surface area contributed by atoms with Crippen LogP contribution in [0.1, 0.15) is 92.9 Å². The molecule has 0 unspecified atom stereocenters. The number of fused-ring (bicyclic) bond motifs is 7. The van der Waals surface area contributed by atoms with Crippen LogP contribution in [-0.4, -0.2) is 59.8 Å². The van der Waals surface area contributed by atoms with Gasteiger partial charge in [0.15, 0.2) is 5.76 Å². The monoisotopic (exact) mass is 546 g/mol. The summed E-state index contributed by atoms with van der Waals surface area (Å²) in [6.45, 7) is 17.6. The van der Waals surface area contributed by atoms with Crippen molar-refractivity contribution in [3.8, 4) is 0 Å². The van der Waals surface area contributed by atoms with E-state index in [0.29, 0.717) is 17.4 Å². The van der Waals surface area contributed by atoms with Crippen LogP contribution in [-0.2, 0) is 9.59 Å². The number of hydrogen-bond donors (Lipinski definition) is 1. The van der Waals surface area contributed by atoms with Gasteiger partial charge in [-0.2, -0.15) is 0 Å². The Morgan fingerprint density at radius 2 is 1.65 bits per heavy atom. The average molecular weight is 547 g/mol. The van der Waals surface area contributed by atoms with Crippen LogP contribution in [0.25, 0.3) is 0 Å². The number of nitrogens with zero attached hydrogens (tertiary/aromatic N) is 2. The molecule has 40 heavy (non-hydrogen) atoms. The van der Waals surface area contributed by atoms with Gasteiger partial charge in [-0.1, -0.05) is 52.3 Å². The van der Waals surface area contributed by atoms with E-state index in [-0.39, 0.29) is 38.6 Å². The van der Waals surface area contributed by atoms with Gasteiger partial charge in [-0.15, -0.1) is 0 Å². The Morgan fingerprint density at radius 1 is 0.975 bits per heavy atom. The summed E-state index contributed by atoms with van der Waals surface area (Å²) in [7, 11) is 2.15. The number of ketones is 1. The zero-order valence-corrected chi connectivity index (χ0v) is 26.0. The van der Waals surface area contributed by atoms with Gasteiger partial charge in [-0.05, 0) is 105 Å². The highest BCUT2D eigenvalue weighted by Gasteiger charge is 2.68. The van der Waals surface area contributed by atoms with E-state index in [4.69, 9.17) is 0 Å². The van der Waals surface area contributed by atoms with Crippen molar-refractivity contribution in [2.45, 2.75) is 92.9 Å². The molecule has 6 atom stereocenters. The summed E-state index contributed by atoms with van der Waals surface area (Å²) in [5.41, 5.74) is 4.17. The van der Waals surface area contributed by atoms with Crippen molar-refractivity contribution in [1.82, 2.24) is 9.80 Å². The van der Waals surface area contributed by atoms with E-state index >= 15 is 0 Å². The predicted octanol–water partition coefficient (Wildman–Crippen LogP) is 6.78. The average Bonchev–Trinajstić information content (AvgIpc) is 2.93. The van der Waals surface area contributed by atoms with Crippen molar-refractivity contribution < 1.29 is 14.7 Å². The van der Waals surface area contributed by atoms with Crippen LogP contribution in [0.15, 0.2) is 46.3 Å². The molecular weight excluding hydrogens is 496 g/mol. The molecule has 1 N–H and O–H groups in total. The fourth-order valence-electron chi connectivity index (χ4n) is 10.6. The Bertz CT molecular complexity index is 1280. The van der Waals surface area contributed by atoms with Gasteiger partial charge in [0.1, 0.15) is 0 Å². The minimum Gasteiger partial charge on any atom is -0.504 e. The number of rotatable bonds is 2. The first kappa shape index (κ1) is 28.0. The first-order chi connectivity index (χ1) is 18.7. The Balaban J connectivity index is 1.41. The summed E-state index contributed by atoms with van der Waals surface area (Å²) >= 11 is 0. The molecule has 6 aliphatic rings. The number of aliphatic hydroxyl groups is 1. The van der Waals surface area contributed by atoms with E-state index in [1.54, 1.807) is 6.08 Å². The molecule has 0 aromatic carbocycles. The SMILES string of the molecule is CC[C@@]12CC[C@@]3(C)C4=CC(=O)C(O)=C(C)C4=CC=C3[C@@]1(C)CC[C@@]1(C)CC[C@@](C)(C(=O)N3CCN(C)CC3)C[C@H]12. The van der Waals surface area contributed by atoms with Gasteiger partial charge >= 0.3 is 0 Å². The van der Waals surface area contributed by atoms with E-state index in [0.717, 1.165) is 82.3 Å². The summed E-state index contributed by atoms with van der Waals surface area (Å²) in [6.07, 6.45) is 15.0. The largest absolute Gasteiger partial charge is 0.504 e. The maximum absolute atomic E-state index is 14.1. The second-order valence-electron chi connectivity index (χ2n) is 15.3. The highest BCUT2D eigenvalue weighted by Crippen LogP contribution is 2.76. The number of carbonyl (C=O) groups excluding carboxylic acids is 2. The molecule has 1 saturated heterocycles. The van der Waals surface area contributed by atoms with Crippen molar-refractivity contribution in [3.63, 3.8) is 0 Å². The number of allylic oxidation sites excluding steroid dienone is 7. The first-order valence-corrected chi connectivity index (χ1v) is 15.8. The molecule has 6 rings (SSSR count). The number of hydrogen-bond acceptors (Lipinski definition) is 4. The van der Waals surface area contributed by atoms with Crippen molar-refractivity contribution >= 4 is 11.7 Å². The molecular formula is C35H50N2O3. The van der Waals surface area contributed by atoms with Crippen molar-refractivity contribution in [1.29, 1.82) is 0 Å². The lowest BCUT2D eigenvalue weighted by Crippen LogP contribution is -2.64. The third-order valence-corrected chi connectivity index (χ3v) is 13.5. The van der Waals surface area contributed by atoms with Crippen LogP contribution in [0.3, 0.4) is 0 Å². The van der Waals surface area contributed by atoms with Crippen molar-refractivity contribution in [2.75, 3.05) is 33.2 Å². The topological polar surface area (TPSA) is 60.9 Å². The molecule has 5 aliphatic carbocycles. The lowest BCUT2D eigenvalue weighted by Gasteiger charge is -2.71. The zero-order valence-electron chi connectivity index (χ0n) is 26.0. The van der Waals surface area contributed by atoms with Crippen LogP contribution >= 0.6 is 0 Å². The van der Waals surface area contributed by atoms with Crippen LogP contribution < -0.4 is 0 Å². The molecule has 3 saturated carbocycles. The maximum atomic E-state index is 14.1. The van der Waals surface area contributed by atoms with Crippen LogP contribution in [0.4, 0.5) is 0 Å². The summed E-state index contributed by atoms with van der Waals surface area (Å²) < 4.78 is 0. The first-order valence-electron chi connectivity index (χ1n) is 15.8. The van der Waals surface area contributed by atoms with Gasteiger partial charge in [0.25, 0.3) is 0 Å². The minimum absolute atomic E-state index is 0.00289. The van der Waals surface area contributed by atoms with Gasteiger partial charge < -0.3 is 14.9 Å². The molecule has 0 bridgehead atoms. The molecule has 0 radical (unpaired) electrons. The second-order valence-corrected chi connectivity index (χ2v) is 15.3. The highest BCUT2D eigenvalue weighted by atomic mass is 16.3. The lowest BCUT2D eigenvalue weighted by molar-refractivity contribution is -0.182. The molecule has 5 heteroatoms. The number of aliphatic hydroxyl groups excluding tert-OH is 1. The quantitative estimate of drug-likeness (QED) is 0.415. The summed E-state index contributed by atoms with van der Waals surface area (Å²) in [5.74, 6) is 0.508. The molecule has 4 fully saturated rings. The van der Waals surface area contributed by atoms with E-state index in [9.17, 15) is 14.7 Å². The highest BCUT2D eigenvalue weighted by molar-refractivity contribution is 6.06. The molecule has 218 valence electrons. The van der Waals surface area contributed by atoms with Gasteiger partial charge in [0.2, 0.25) is 11.7 Å². The third kappa shape index (κ3) is 3.55. The van der Waals surface area contributed by atoms with E-state index in [1.165, 1.54) is 12.0 Å². The number of likely N-dealkylation sites (N-methyl/N-ethyl adjacent to an activating group) is 1. The number of piperazine rings is 1. The second kappa shape index (κ2) is 8.93. The molecule has 1 heterocycles. The molecule has 1 aliphatic heterocycles. The maximum Gasteiger partial charge on any atom is 0.228 e. The summed E-state index contributed by atoms with van der Waals surface area (Å²) in [6, 6.07) is 0. The molecule has 0 spiro atoms. The van der Waals surface area contributed by atoms with Crippen molar-refractivity contribution in [3.05, 3.63) is 46.3 Å². The summed E-state index contributed by atoms with van der Waals surface area (Å²) in [4.78, 5) is 31.4. The lowest BCUT2D eigenvalue weighted by atomic mass is 9.33. The number of amides is 1. The molecule has 5 nitrogen and oxygen atoms in total. The standard InChI is InChI=1S/C35H50N2O3/c1-8-35-16-14-33(5)25-21-26(38)29(39)23(2)24(25)9-10-27(33)34(35,6)15-13-31(3)11-12-32(4,22-28(31)35)30(40)37-19-17-36(7)18-20-37/h9-10,21,28,39H,8,11-20,22H2,1-7H3/t28-,31-,32-,33+,34-,35+/m1/s1. The third-order valence-electron chi connectivity index (χ3n) is 13.5. The Hall–Kier alpha value is -2.14.